The van der Waals surface area contributed by atoms with Gasteiger partial charge in [0.2, 0.25) is 0 Å². The van der Waals surface area contributed by atoms with Gasteiger partial charge in [0, 0.05) is 11.5 Å². The van der Waals surface area contributed by atoms with Gasteiger partial charge in [-0.05, 0) is 49.5 Å². The molecule has 0 fully saturated rings. The molecule has 0 aliphatic rings. The van der Waals surface area contributed by atoms with Crippen molar-refractivity contribution in [3.63, 3.8) is 0 Å². The van der Waals surface area contributed by atoms with Gasteiger partial charge in [0.25, 0.3) is 0 Å². The fraction of sp³-hybridized carbons (Fsp3) is 0.0667. The molecule has 0 unspecified atom stereocenters. The van der Waals surface area contributed by atoms with Crippen LogP contribution in [0.25, 0.3) is 10.9 Å². The number of nitrogens with one attached hydrogen (secondary N) is 1. The lowest BCUT2D eigenvalue weighted by atomic mass is 10.2. The second-order valence-corrected chi connectivity index (χ2v) is 4.33. The predicted molar refractivity (Wildman–Crippen MR) is 76.6 cm³/mol. The number of hydrogen-bond donors (Lipinski definition) is 1. The van der Waals surface area contributed by atoms with Crippen LogP contribution in [-0.4, -0.2) is 16.9 Å². The number of aliphatic imine (C=N–C) groups is 1. The van der Waals surface area contributed by atoms with E-state index in [0.717, 1.165) is 33.7 Å². The van der Waals surface area contributed by atoms with Crippen molar-refractivity contribution in [1.29, 1.82) is 0 Å². The van der Waals surface area contributed by atoms with E-state index in [0.29, 0.717) is 0 Å². The van der Waals surface area contributed by atoms with Gasteiger partial charge in [-0.1, -0.05) is 0 Å². The number of hydrogen-bond acceptors (Lipinski definition) is 3. The fourth-order valence-electron chi connectivity index (χ4n) is 1.95. The molecule has 0 atom stereocenters. The van der Waals surface area contributed by atoms with Crippen molar-refractivity contribution >= 4 is 23.3 Å². The van der Waals surface area contributed by atoms with Crippen molar-refractivity contribution in [2.24, 2.45) is 4.99 Å². The molecule has 94 valence electrons. The van der Waals surface area contributed by atoms with Crippen LogP contribution in [-0.2, 0) is 0 Å². The summed E-state index contributed by atoms with van der Waals surface area (Å²) in [6, 6.07) is 11.6. The van der Waals surface area contributed by atoms with E-state index >= 15 is 0 Å². The third kappa shape index (κ3) is 2.20. The molecule has 2 aromatic carbocycles. The topological polar surface area (TPSA) is 50.3 Å². The number of aryl methyl sites for hydroxylation is 1. The van der Waals surface area contributed by atoms with Crippen LogP contribution < -0.4 is 4.74 Å². The van der Waals surface area contributed by atoms with Gasteiger partial charge in [0.05, 0.1) is 17.4 Å². The summed E-state index contributed by atoms with van der Waals surface area (Å²) in [5.41, 5.74) is 2.82. The zero-order valence-electron chi connectivity index (χ0n) is 10.6. The first-order valence-corrected chi connectivity index (χ1v) is 5.94. The van der Waals surface area contributed by atoms with Crippen LogP contribution in [0.3, 0.4) is 0 Å². The highest BCUT2D eigenvalue weighted by Crippen LogP contribution is 2.29. The molecule has 0 aliphatic carbocycles. The summed E-state index contributed by atoms with van der Waals surface area (Å²) in [6.07, 6.45) is 1.79. The maximum atomic E-state index is 5.88. The molecule has 4 heteroatoms. The highest BCUT2D eigenvalue weighted by atomic mass is 16.5. The molecule has 0 spiro atoms. The van der Waals surface area contributed by atoms with E-state index in [1.165, 1.54) is 0 Å². The number of aromatic nitrogens is 2. The molecule has 0 bridgehead atoms. The van der Waals surface area contributed by atoms with Crippen LogP contribution in [0.5, 0.6) is 11.5 Å². The molecule has 1 aromatic heterocycles. The molecular formula is C15H13N3O. The van der Waals surface area contributed by atoms with Crippen molar-refractivity contribution < 1.29 is 4.74 Å². The molecular weight excluding hydrogens is 238 g/mol. The molecule has 0 saturated carbocycles. The van der Waals surface area contributed by atoms with Gasteiger partial charge in [-0.3, -0.25) is 10.1 Å². The molecule has 19 heavy (non-hydrogen) atoms. The Kier molecular flexibility index (Phi) is 2.76. The number of rotatable bonds is 3. The maximum Gasteiger partial charge on any atom is 0.130 e. The molecule has 1 heterocycles. The van der Waals surface area contributed by atoms with Crippen molar-refractivity contribution in [2.75, 3.05) is 0 Å². The average molecular weight is 251 g/mol. The standard InChI is InChI=1S/C15H13N3O/c1-10-7-12(16-2)4-6-15(10)19-13-5-3-11-9-17-18-14(11)8-13/h3-9H,2H2,1H3,(H,17,18). The number of aromatic amines is 1. The molecule has 1 N–H and O–H groups in total. The van der Waals surface area contributed by atoms with Crippen LogP contribution in [0.15, 0.2) is 47.6 Å². The molecule has 0 aliphatic heterocycles. The number of H-pyrrole nitrogens is 1. The van der Waals surface area contributed by atoms with Crippen molar-refractivity contribution in [2.45, 2.75) is 6.92 Å². The zero-order chi connectivity index (χ0) is 13.2. The number of nitrogens with zero attached hydrogens (tertiary/aromatic N) is 2. The van der Waals surface area contributed by atoms with Crippen molar-refractivity contribution in [1.82, 2.24) is 10.2 Å². The quantitative estimate of drug-likeness (QED) is 0.715. The van der Waals surface area contributed by atoms with Gasteiger partial charge in [-0.15, -0.1) is 0 Å². The lowest BCUT2D eigenvalue weighted by Gasteiger charge is -2.09. The Hall–Kier alpha value is -2.62. The molecule has 0 radical (unpaired) electrons. The Bertz CT molecular complexity index is 746. The van der Waals surface area contributed by atoms with Crippen LogP contribution >= 0.6 is 0 Å². The molecule has 0 amide bonds. The zero-order valence-corrected chi connectivity index (χ0v) is 10.6. The normalized spacial score (nSPS) is 10.6. The van der Waals surface area contributed by atoms with E-state index in [4.69, 9.17) is 4.74 Å². The highest BCUT2D eigenvalue weighted by molar-refractivity contribution is 5.79. The number of fused-ring (bicyclic) bond motifs is 1. The first-order valence-electron chi connectivity index (χ1n) is 5.94. The Morgan fingerprint density at radius 1 is 1.21 bits per heavy atom. The van der Waals surface area contributed by atoms with E-state index in [1.54, 1.807) is 6.20 Å². The molecule has 3 aromatic rings. The van der Waals surface area contributed by atoms with Gasteiger partial charge in [-0.2, -0.15) is 5.10 Å². The van der Waals surface area contributed by atoms with Crippen LogP contribution in [0.2, 0.25) is 0 Å². The minimum absolute atomic E-state index is 0.777. The predicted octanol–water partition coefficient (Wildman–Crippen LogP) is 4.00. The van der Waals surface area contributed by atoms with E-state index in [9.17, 15) is 0 Å². The summed E-state index contributed by atoms with van der Waals surface area (Å²) in [5, 5.41) is 7.98. The molecule has 0 saturated heterocycles. The third-order valence-electron chi connectivity index (χ3n) is 2.98. The molecule has 4 nitrogen and oxygen atoms in total. The van der Waals surface area contributed by atoms with Crippen molar-refractivity contribution in [3.8, 4) is 11.5 Å². The Morgan fingerprint density at radius 3 is 2.89 bits per heavy atom. The minimum Gasteiger partial charge on any atom is -0.457 e. The second-order valence-electron chi connectivity index (χ2n) is 4.33. The maximum absolute atomic E-state index is 5.88. The second kappa shape index (κ2) is 4.57. The summed E-state index contributed by atoms with van der Waals surface area (Å²) in [7, 11) is 0. The molecule has 3 rings (SSSR count). The highest BCUT2D eigenvalue weighted by Gasteiger charge is 2.04. The largest absolute Gasteiger partial charge is 0.457 e. The van der Waals surface area contributed by atoms with Crippen LogP contribution in [0.1, 0.15) is 5.56 Å². The average Bonchev–Trinajstić information content (AvgIpc) is 2.88. The Labute approximate surface area is 110 Å². The Balaban J connectivity index is 1.93. The lowest BCUT2D eigenvalue weighted by molar-refractivity contribution is 0.479. The Morgan fingerprint density at radius 2 is 2.11 bits per heavy atom. The van der Waals surface area contributed by atoms with Crippen molar-refractivity contribution in [3.05, 3.63) is 48.2 Å². The first-order chi connectivity index (χ1) is 9.26. The fourth-order valence-corrected chi connectivity index (χ4v) is 1.95. The lowest BCUT2D eigenvalue weighted by Crippen LogP contribution is -1.87. The number of ether oxygens (including phenoxy) is 1. The van der Waals surface area contributed by atoms with E-state index in [1.807, 2.05) is 43.3 Å². The minimum atomic E-state index is 0.777. The summed E-state index contributed by atoms with van der Waals surface area (Å²) < 4.78 is 5.88. The van der Waals surface area contributed by atoms with E-state index < -0.39 is 0 Å². The smallest absolute Gasteiger partial charge is 0.130 e. The van der Waals surface area contributed by atoms with Gasteiger partial charge >= 0.3 is 0 Å². The van der Waals surface area contributed by atoms with E-state index in [-0.39, 0.29) is 0 Å². The van der Waals surface area contributed by atoms with Crippen LogP contribution in [0.4, 0.5) is 5.69 Å². The monoisotopic (exact) mass is 251 g/mol. The van der Waals surface area contributed by atoms with Gasteiger partial charge in [0.15, 0.2) is 0 Å². The van der Waals surface area contributed by atoms with E-state index in [2.05, 4.69) is 21.9 Å². The third-order valence-corrected chi connectivity index (χ3v) is 2.98. The van der Waals surface area contributed by atoms with Crippen LogP contribution in [0, 0.1) is 6.92 Å². The summed E-state index contributed by atoms with van der Waals surface area (Å²) in [6.45, 7) is 5.50. The summed E-state index contributed by atoms with van der Waals surface area (Å²) in [4.78, 5) is 3.89. The summed E-state index contributed by atoms with van der Waals surface area (Å²) >= 11 is 0. The first kappa shape index (κ1) is 11.5. The van der Waals surface area contributed by atoms with Gasteiger partial charge < -0.3 is 4.74 Å². The SMILES string of the molecule is C=Nc1ccc(Oc2ccc3cn[nH]c3c2)c(C)c1. The number of benzene rings is 2. The van der Waals surface area contributed by atoms with Gasteiger partial charge in [-0.25, -0.2) is 0 Å². The van der Waals surface area contributed by atoms with Gasteiger partial charge in [0.1, 0.15) is 11.5 Å². The summed E-state index contributed by atoms with van der Waals surface area (Å²) in [5.74, 6) is 1.59.